The van der Waals surface area contributed by atoms with Crippen molar-refractivity contribution in [1.82, 2.24) is 15.0 Å². The summed E-state index contributed by atoms with van der Waals surface area (Å²) in [4.78, 5) is 11.8. The minimum absolute atomic E-state index is 0.139. The van der Waals surface area contributed by atoms with Crippen LogP contribution in [0, 0.1) is 5.82 Å². The standard InChI is InChI=1S/C21H17F3N4/c22-16-5-4-14(18(9-16)20(23)24)11-27-19-6-3-13(10-26-19)8-15-12-28-21-17(15)2-1-7-25-21/h1-7,9-10,12,20H,8,11H2,(H,25,28)(H,26,27). The summed E-state index contributed by atoms with van der Waals surface area (Å²) in [5.41, 5.74) is 3.02. The molecular formula is C21H17F3N4. The van der Waals surface area contributed by atoms with Gasteiger partial charge in [0.1, 0.15) is 17.3 Å². The molecule has 0 aliphatic rings. The van der Waals surface area contributed by atoms with Gasteiger partial charge in [-0.15, -0.1) is 0 Å². The second kappa shape index (κ2) is 7.72. The molecule has 0 bridgehead atoms. The molecule has 0 fully saturated rings. The number of halogens is 3. The molecule has 0 aliphatic carbocycles. The molecule has 1 aromatic carbocycles. The van der Waals surface area contributed by atoms with Gasteiger partial charge in [0.25, 0.3) is 6.43 Å². The highest BCUT2D eigenvalue weighted by molar-refractivity contribution is 5.79. The van der Waals surface area contributed by atoms with Crippen LogP contribution in [0.3, 0.4) is 0 Å². The van der Waals surface area contributed by atoms with E-state index in [4.69, 9.17) is 0 Å². The van der Waals surface area contributed by atoms with E-state index in [1.54, 1.807) is 18.5 Å². The van der Waals surface area contributed by atoms with Gasteiger partial charge in [0, 0.05) is 42.5 Å². The maximum atomic E-state index is 13.2. The van der Waals surface area contributed by atoms with E-state index in [-0.39, 0.29) is 12.1 Å². The molecule has 4 nitrogen and oxygen atoms in total. The van der Waals surface area contributed by atoms with Gasteiger partial charge in [0.05, 0.1) is 0 Å². The summed E-state index contributed by atoms with van der Waals surface area (Å²) in [6.45, 7) is 0.139. The van der Waals surface area contributed by atoms with E-state index in [1.807, 2.05) is 24.4 Å². The highest BCUT2D eigenvalue weighted by atomic mass is 19.3. The lowest BCUT2D eigenvalue weighted by molar-refractivity contribution is 0.150. The Hall–Kier alpha value is -3.35. The van der Waals surface area contributed by atoms with Gasteiger partial charge in [-0.25, -0.2) is 23.1 Å². The average Bonchev–Trinajstić information content (AvgIpc) is 3.11. The first kappa shape index (κ1) is 18.0. The van der Waals surface area contributed by atoms with Gasteiger partial charge in [-0.05, 0) is 47.0 Å². The fourth-order valence-corrected chi connectivity index (χ4v) is 3.13. The number of pyridine rings is 2. The molecule has 7 heteroatoms. The molecule has 142 valence electrons. The lowest BCUT2D eigenvalue weighted by atomic mass is 10.1. The molecule has 3 aromatic heterocycles. The Bertz CT molecular complexity index is 1090. The predicted octanol–water partition coefficient (Wildman–Crippen LogP) is 5.24. The van der Waals surface area contributed by atoms with Crippen LogP contribution in [0.4, 0.5) is 19.0 Å². The number of hydrogen-bond acceptors (Lipinski definition) is 3. The molecule has 0 spiro atoms. The summed E-state index contributed by atoms with van der Waals surface area (Å²) in [6.07, 6.45) is 3.39. The molecular weight excluding hydrogens is 365 g/mol. The minimum Gasteiger partial charge on any atom is -0.366 e. The molecule has 0 saturated heterocycles. The Kier molecular flexibility index (Phi) is 4.97. The van der Waals surface area contributed by atoms with Crippen LogP contribution in [-0.4, -0.2) is 15.0 Å². The normalized spacial score (nSPS) is 11.3. The van der Waals surface area contributed by atoms with Crippen molar-refractivity contribution in [2.75, 3.05) is 5.32 Å². The number of alkyl halides is 2. The van der Waals surface area contributed by atoms with Crippen LogP contribution in [0.1, 0.15) is 28.7 Å². The third kappa shape index (κ3) is 3.83. The molecule has 4 rings (SSSR count). The number of benzene rings is 1. The first-order chi connectivity index (χ1) is 13.6. The summed E-state index contributed by atoms with van der Waals surface area (Å²) >= 11 is 0. The number of H-pyrrole nitrogens is 1. The van der Waals surface area contributed by atoms with Crippen molar-refractivity contribution in [3.8, 4) is 0 Å². The highest BCUT2D eigenvalue weighted by Gasteiger charge is 2.14. The van der Waals surface area contributed by atoms with E-state index in [0.717, 1.165) is 28.2 Å². The topological polar surface area (TPSA) is 53.6 Å². The molecule has 0 atom stereocenters. The minimum atomic E-state index is -2.73. The summed E-state index contributed by atoms with van der Waals surface area (Å²) < 4.78 is 39.3. The predicted molar refractivity (Wildman–Crippen MR) is 102 cm³/mol. The lowest BCUT2D eigenvalue weighted by Gasteiger charge is -2.11. The van der Waals surface area contributed by atoms with Crippen molar-refractivity contribution < 1.29 is 13.2 Å². The first-order valence-corrected chi connectivity index (χ1v) is 8.76. The summed E-state index contributed by atoms with van der Waals surface area (Å²) in [5.74, 6) is -0.108. The van der Waals surface area contributed by atoms with Gasteiger partial charge < -0.3 is 10.3 Å². The van der Waals surface area contributed by atoms with Crippen molar-refractivity contribution in [1.29, 1.82) is 0 Å². The molecule has 0 amide bonds. The Labute approximate surface area is 159 Å². The lowest BCUT2D eigenvalue weighted by Crippen LogP contribution is -2.05. The van der Waals surface area contributed by atoms with Crippen molar-refractivity contribution >= 4 is 16.9 Å². The Balaban J connectivity index is 1.44. The van der Waals surface area contributed by atoms with E-state index in [9.17, 15) is 13.2 Å². The number of hydrogen-bond donors (Lipinski definition) is 2. The van der Waals surface area contributed by atoms with Gasteiger partial charge in [-0.2, -0.15) is 0 Å². The summed E-state index contributed by atoms with van der Waals surface area (Å²) in [7, 11) is 0. The monoisotopic (exact) mass is 382 g/mol. The second-order valence-electron chi connectivity index (χ2n) is 6.44. The second-order valence-corrected chi connectivity index (χ2v) is 6.44. The van der Waals surface area contributed by atoms with Gasteiger partial charge in [-0.3, -0.25) is 0 Å². The highest BCUT2D eigenvalue weighted by Crippen LogP contribution is 2.25. The third-order valence-electron chi connectivity index (χ3n) is 4.56. The quantitative estimate of drug-likeness (QED) is 0.480. The van der Waals surface area contributed by atoms with Gasteiger partial charge >= 0.3 is 0 Å². The van der Waals surface area contributed by atoms with Gasteiger partial charge in [0.15, 0.2) is 0 Å². The molecule has 0 aliphatic heterocycles. The van der Waals surface area contributed by atoms with Crippen LogP contribution in [-0.2, 0) is 13.0 Å². The van der Waals surface area contributed by atoms with Crippen molar-refractivity contribution in [3.63, 3.8) is 0 Å². The molecule has 0 saturated carbocycles. The smallest absolute Gasteiger partial charge is 0.264 e. The van der Waals surface area contributed by atoms with Crippen LogP contribution < -0.4 is 5.32 Å². The van der Waals surface area contributed by atoms with E-state index < -0.39 is 12.2 Å². The maximum Gasteiger partial charge on any atom is 0.264 e. The number of aromatic nitrogens is 3. The fourth-order valence-electron chi connectivity index (χ4n) is 3.13. The number of nitrogens with one attached hydrogen (secondary N) is 2. The zero-order valence-corrected chi connectivity index (χ0v) is 14.8. The first-order valence-electron chi connectivity index (χ1n) is 8.76. The number of rotatable bonds is 6. The van der Waals surface area contributed by atoms with Crippen LogP contribution >= 0.6 is 0 Å². The third-order valence-corrected chi connectivity index (χ3v) is 4.56. The van der Waals surface area contributed by atoms with Crippen molar-refractivity contribution in [2.45, 2.75) is 19.4 Å². The molecule has 0 radical (unpaired) electrons. The molecule has 3 heterocycles. The van der Waals surface area contributed by atoms with Crippen LogP contribution in [0.5, 0.6) is 0 Å². The molecule has 28 heavy (non-hydrogen) atoms. The van der Waals surface area contributed by atoms with Crippen molar-refractivity contribution in [3.05, 3.63) is 89.1 Å². The zero-order valence-electron chi connectivity index (χ0n) is 14.8. The van der Waals surface area contributed by atoms with E-state index in [1.165, 1.54) is 12.1 Å². The number of aromatic amines is 1. The zero-order chi connectivity index (χ0) is 19.5. The van der Waals surface area contributed by atoms with E-state index in [0.29, 0.717) is 17.8 Å². The maximum absolute atomic E-state index is 13.2. The summed E-state index contributed by atoms with van der Waals surface area (Å²) in [5, 5.41) is 4.08. The Morgan fingerprint density at radius 2 is 1.93 bits per heavy atom. The van der Waals surface area contributed by atoms with E-state index >= 15 is 0 Å². The fraction of sp³-hybridized carbons (Fsp3) is 0.143. The number of fused-ring (bicyclic) bond motifs is 1. The van der Waals surface area contributed by atoms with Crippen molar-refractivity contribution in [2.24, 2.45) is 0 Å². The van der Waals surface area contributed by atoms with Gasteiger partial charge in [0.2, 0.25) is 0 Å². The SMILES string of the molecule is Fc1ccc(CNc2ccc(Cc3c[nH]c4ncccc34)cn2)c(C(F)F)c1. The molecule has 0 unspecified atom stereocenters. The molecule has 4 aromatic rings. The van der Waals surface area contributed by atoms with Crippen LogP contribution in [0.15, 0.2) is 61.1 Å². The largest absolute Gasteiger partial charge is 0.366 e. The number of nitrogens with zero attached hydrogens (tertiary/aromatic N) is 2. The van der Waals surface area contributed by atoms with Crippen LogP contribution in [0.25, 0.3) is 11.0 Å². The average molecular weight is 382 g/mol. The van der Waals surface area contributed by atoms with E-state index in [2.05, 4.69) is 20.3 Å². The van der Waals surface area contributed by atoms with Gasteiger partial charge in [-0.1, -0.05) is 12.1 Å². The molecule has 2 N–H and O–H groups in total. The Morgan fingerprint density at radius 1 is 1.04 bits per heavy atom. The Morgan fingerprint density at radius 3 is 2.71 bits per heavy atom. The number of anilines is 1. The van der Waals surface area contributed by atoms with Crippen LogP contribution in [0.2, 0.25) is 0 Å². The summed E-state index contributed by atoms with van der Waals surface area (Å²) in [6, 6.07) is 11.1.